The monoisotopic (exact) mass is 272 g/mol. The average Bonchev–Trinajstić information content (AvgIpc) is 2.77. The lowest BCUT2D eigenvalue weighted by molar-refractivity contribution is 0.850. The molecule has 0 saturated carbocycles. The van der Waals surface area contributed by atoms with Gasteiger partial charge in [-0.15, -0.1) is 11.3 Å². The van der Waals surface area contributed by atoms with E-state index >= 15 is 0 Å². The Morgan fingerprint density at radius 1 is 1.31 bits per heavy atom. The predicted octanol–water partition coefficient (Wildman–Crippen LogP) is 4.62. The molecule has 1 N–H and O–H groups in total. The van der Waals surface area contributed by atoms with Crippen LogP contribution < -0.4 is 5.32 Å². The molecule has 0 fully saturated rings. The van der Waals surface area contributed by atoms with E-state index in [4.69, 9.17) is 23.2 Å². The van der Waals surface area contributed by atoms with Crippen molar-refractivity contribution in [1.29, 1.82) is 0 Å². The molecule has 0 aliphatic carbocycles. The molecular formula is C11H10Cl2N2S. The minimum absolute atomic E-state index is 0.156. The zero-order chi connectivity index (χ0) is 11.5. The molecule has 0 aliphatic heterocycles. The SMILES string of the molecule is CC(Nc1ccc(Cl)c(Cl)c1)c1cscn1. The van der Waals surface area contributed by atoms with Gasteiger partial charge in [0, 0.05) is 11.1 Å². The first-order valence-corrected chi connectivity index (χ1v) is 6.46. The van der Waals surface area contributed by atoms with E-state index in [-0.39, 0.29) is 6.04 Å². The number of aromatic nitrogens is 1. The Bertz CT molecular complexity index is 471. The zero-order valence-corrected chi connectivity index (χ0v) is 10.9. The molecule has 0 saturated heterocycles. The first kappa shape index (κ1) is 11.7. The smallest absolute Gasteiger partial charge is 0.0795 e. The van der Waals surface area contributed by atoms with Crippen molar-refractivity contribution in [2.45, 2.75) is 13.0 Å². The summed E-state index contributed by atoms with van der Waals surface area (Å²) in [7, 11) is 0. The van der Waals surface area contributed by atoms with Crippen molar-refractivity contribution in [1.82, 2.24) is 4.98 Å². The van der Waals surface area contributed by atoms with Crippen LogP contribution >= 0.6 is 34.5 Å². The fraction of sp³-hybridized carbons (Fsp3) is 0.182. The number of hydrogen-bond acceptors (Lipinski definition) is 3. The summed E-state index contributed by atoms with van der Waals surface area (Å²) in [5, 5.41) is 6.45. The van der Waals surface area contributed by atoms with Crippen LogP contribution in [0.1, 0.15) is 18.7 Å². The number of thiazole rings is 1. The third kappa shape index (κ3) is 2.67. The van der Waals surface area contributed by atoms with E-state index in [0.29, 0.717) is 10.0 Å². The van der Waals surface area contributed by atoms with Crippen LogP contribution in [-0.4, -0.2) is 4.98 Å². The van der Waals surface area contributed by atoms with Crippen LogP contribution in [0, 0.1) is 0 Å². The predicted molar refractivity (Wildman–Crippen MR) is 70.6 cm³/mol. The summed E-state index contributed by atoms with van der Waals surface area (Å²) in [6.07, 6.45) is 0. The molecule has 84 valence electrons. The molecule has 0 radical (unpaired) electrons. The lowest BCUT2D eigenvalue weighted by Crippen LogP contribution is -2.06. The van der Waals surface area contributed by atoms with Gasteiger partial charge >= 0.3 is 0 Å². The van der Waals surface area contributed by atoms with Gasteiger partial charge in [-0.3, -0.25) is 0 Å². The molecule has 1 unspecified atom stereocenters. The average molecular weight is 273 g/mol. The van der Waals surface area contributed by atoms with Crippen LogP contribution in [-0.2, 0) is 0 Å². The second-order valence-corrected chi connectivity index (χ2v) is 4.94. The van der Waals surface area contributed by atoms with Crippen molar-refractivity contribution in [2.75, 3.05) is 5.32 Å². The standard InChI is InChI=1S/C11H10Cl2N2S/c1-7(11-5-16-6-14-11)15-8-2-3-9(12)10(13)4-8/h2-7,15H,1H3. The first-order valence-electron chi connectivity index (χ1n) is 4.76. The lowest BCUT2D eigenvalue weighted by atomic mass is 10.2. The largest absolute Gasteiger partial charge is 0.377 e. The molecule has 1 atom stereocenters. The maximum Gasteiger partial charge on any atom is 0.0795 e. The first-order chi connectivity index (χ1) is 7.66. The highest BCUT2D eigenvalue weighted by Crippen LogP contribution is 2.27. The van der Waals surface area contributed by atoms with Gasteiger partial charge < -0.3 is 5.32 Å². The van der Waals surface area contributed by atoms with Crippen molar-refractivity contribution in [3.05, 3.63) is 44.8 Å². The fourth-order valence-electron chi connectivity index (χ4n) is 1.35. The minimum Gasteiger partial charge on any atom is -0.377 e. The van der Waals surface area contributed by atoms with Crippen LogP contribution in [0.25, 0.3) is 0 Å². The molecule has 0 amide bonds. The second-order valence-electron chi connectivity index (χ2n) is 3.41. The Labute approximate surface area is 108 Å². The molecule has 0 bridgehead atoms. The quantitative estimate of drug-likeness (QED) is 0.882. The molecule has 2 rings (SSSR count). The Kier molecular flexibility index (Phi) is 3.69. The summed E-state index contributed by atoms with van der Waals surface area (Å²) in [5.74, 6) is 0. The number of nitrogens with one attached hydrogen (secondary N) is 1. The van der Waals surface area contributed by atoms with Gasteiger partial charge in [0.2, 0.25) is 0 Å². The topological polar surface area (TPSA) is 24.9 Å². The van der Waals surface area contributed by atoms with Gasteiger partial charge in [-0.1, -0.05) is 23.2 Å². The number of rotatable bonds is 3. The van der Waals surface area contributed by atoms with Gasteiger partial charge in [0.1, 0.15) is 0 Å². The highest BCUT2D eigenvalue weighted by molar-refractivity contribution is 7.07. The van der Waals surface area contributed by atoms with Crippen molar-refractivity contribution in [3.63, 3.8) is 0 Å². The van der Waals surface area contributed by atoms with Crippen LogP contribution in [0.5, 0.6) is 0 Å². The van der Waals surface area contributed by atoms with Crippen LogP contribution in [0.2, 0.25) is 10.0 Å². The summed E-state index contributed by atoms with van der Waals surface area (Å²) in [6.45, 7) is 2.05. The van der Waals surface area contributed by atoms with Gasteiger partial charge in [-0.2, -0.15) is 0 Å². The molecular weight excluding hydrogens is 263 g/mol. The van der Waals surface area contributed by atoms with E-state index in [1.807, 2.05) is 23.0 Å². The molecule has 1 heterocycles. The van der Waals surface area contributed by atoms with Crippen molar-refractivity contribution in [3.8, 4) is 0 Å². The van der Waals surface area contributed by atoms with E-state index in [9.17, 15) is 0 Å². The molecule has 2 nitrogen and oxygen atoms in total. The van der Waals surface area contributed by atoms with Crippen LogP contribution in [0.3, 0.4) is 0 Å². The van der Waals surface area contributed by atoms with E-state index in [1.54, 1.807) is 17.4 Å². The Balaban J connectivity index is 2.12. The fourth-order valence-corrected chi connectivity index (χ4v) is 2.29. The molecule has 1 aromatic heterocycles. The number of anilines is 1. The summed E-state index contributed by atoms with van der Waals surface area (Å²) >= 11 is 13.4. The Morgan fingerprint density at radius 3 is 2.75 bits per heavy atom. The van der Waals surface area contributed by atoms with E-state index in [1.165, 1.54) is 0 Å². The number of hydrogen-bond donors (Lipinski definition) is 1. The van der Waals surface area contributed by atoms with Gasteiger partial charge in [-0.05, 0) is 25.1 Å². The van der Waals surface area contributed by atoms with Crippen molar-refractivity contribution in [2.24, 2.45) is 0 Å². The van der Waals surface area contributed by atoms with Gasteiger partial charge in [0.25, 0.3) is 0 Å². The van der Waals surface area contributed by atoms with Crippen LogP contribution in [0.4, 0.5) is 5.69 Å². The third-order valence-electron chi connectivity index (χ3n) is 2.20. The highest BCUT2D eigenvalue weighted by atomic mass is 35.5. The van der Waals surface area contributed by atoms with Crippen molar-refractivity contribution < 1.29 is 0 Å². The lowest BCUT2D eigenvalue weighted by Gasteiger charge is -2.13. The highest BCUT2D eigenvalue weighted by Gasteiger charge is 2.07. The number of benzene rings is 1. The Hall–Kier alpha value is -0.770. The Morgan fingerprint density at radius 2 is 2.12 bits per heavy atom. The molecule has 2 aromatic rings. The van der Waals surface area contributed by atoms with Gasteiger partial charge in [-0.25, -0.2) is 4.98 Å². The summed E-state index contributed by atoms with van der Waals surface area (Å²) in [5.41, 5.74) is 3.79. The normalized spacial score (nSPS) is 12.4. The summed E-state index contributed by atoms with van der Waals surface area (Å²) in [4.78, 5) is 4.25. The minimum atomic E-state index is 0.156. The number of nitrogens with zero attached hydrogens (tertiary/aromatic N) is 1. The van der Waals surface area contributed by atoms with Crippen molar-refractivity contribution >= 4 is 40.2 Å². The zero-order valence-electron chi connectivity index (χ0n) is 8.58. The number of halogens is 2. The summed E-state index contributed by atoms with van der Waals surface area (Å²) < 4.78 is 0. The third-order valence-corrected chi connectivity index (χ3v) is 3.54. The molecule has 16 heavy (non-hydrogen) atoms. The maximum atomic E-state index is 5.94. The molecule has 5 heteroatoms. The summed E-state index contributed by atoms with van der Waals surface area (Å²) in [6, 6.07) is 5.65. The molecule has 1 aromatic carbocycles. The second kappa shape index (κ2) is 5.04. The molecule has 0 aliphatic rings. The maximum absolute atomic E-state index is 5.94. The molecule has 0 spiro atoms. The van der Waals surface area contributed by atoms with E-state index in [0.717, 1.165) is 11.4 Å². The van der Waals surface area contributed by atoms with Gasteiger partial charge in [0.15, 0.2) is 0 Å². The van der Waals surface area contributed by atoms with E-state index in [2.05, 4.69) is 17.2 Å². The van der Waals surface area contributed by atoms with Crippen LogP contribution in [0.15, 0.2) is 29.1 Å². The van der Waals surface area contributed by atoms with Gasteiger partial charge in [0.05, 0.1) is 27.3 Å². The van der Waals surface area contributed by atoms with E-state index < -0.39 is 0 Å².